The van der Waals surface area contributed by atoms with Crippen molar-refractivity contribution in [3.8, 4) is 11.6 Å². The van der Waals surface area contributed by atoms with Crippen molar-refractivity contribution in [2.24, 2.45) is 11.3 Å². The standard InChI is InChI=1S/C30H39ClN2O7/c1-18-10-6-7-11-20(18)24-26(40-15-14-39-22-16-19(31)17-32-27(22)37-5)23(30(2,3)4)25(29(35)36)33(24)28(34)21-12-8-9-13-38-21/h6-7,10-11,16-17,21,23-26H,8-9,12-15H2,1-5H3,(H,35,36)/t21-,23+,24-,25-,26-/m0/s1. The molecule has 4 rings (SSSR count). The highest BCUT2D eigenvalue weighted by Crippen LogP contribution is 2.50. The molecule has 0 radical (unpaired) electrons. The number of amides is 1. The van der Waals surface area contributed by atoms with E-state index in [0.717, 1.165) is 24.0 Å². The second-order valence-electron chi connectivity index (χ2n) is 11.4. The second-order valence-corrected chi connectivity index (χ2v) is 11.9. The fourth-order valence-electron chi connectivity index (χ4n) is 5.94. The van der Waals surface area contributed by atoms with E-state index in [2.05, 4.69) is 4.98 Å². The Morgan fingerprint density at radius 2 is 1.95 bits per heavy atom. The summed E-state index contributed by atoms with van der Waals surface area (Å²) in [5.41, 5.74) is 1.31. The molecule has 0 saturated carbocycles. The van der Waals surface area contributed by atoms with Crippen LogP contribution in [0.2, 0.25) is 5.02 Å². The van der Waals surface area contributed by atoms with Crippen molar-refractivity contribution in [2.75, 3.05) is 26.9 Å². The third kappa shape index (κ3) is 6.37. The smallest absolute Gasteiger partial charge is 0.326 e. The Kier molecular flexibility index (Phi) is 9.59. The third-order valence-electron chi connectivity index (χ3n) is 7.70. The van der Waals surface area contributed by atoms with Gasteiger partial charge in [-0.3, -0.25) is 4.79 Å². The maximum Gasteiger partial charge on any atom is 0.326 e. The number of carbonyl (C=O) groups excluding carboxylic acids is 1. The maximum absolute atomic E-state index is 14.1. The minimum atomic E-state index is -1.09. The van der Waals surface area contributed by atoms with Crippen LogP contribution >= 0.6 is 11.6 Å². The molecule has 0 unspecified atom stereocenters. The number of likely N-dealkylation sites (tertiary alicyclic amines) is 1. The molecular formula is C30H39ClN2O7. The van der Waals surface area contributed by atoms with Crippen LogP contribution in [0, 0.1) is 18.3 Å². The van der Waals surface area contributed by atoms with E-state index in [1.54, 1.807) is 6.07 Å². The molecule has 1 aromatic heterocycles. The minimum Gasteiger partial charge on any atom is -0.485 e. The van der Waals surface area contributed by atoms with Crippen molar-refractivity contribution in [1.29, 1.82) is 0 Å². The average molecular weight is 575 g/mol. The fourth-order valence-corrected chi connectivity index (χ4v) is 6.08. The molecule has 1 aromatic carbocycles. The summed E-state index contributed by atoms with van der Waals surface area (Å²) in [5.74, 6) is -1.19. The van der Waals surface area contributed by atoms with Crippen molar-refractivity contribution in [1.82, 2.24) is 9.88 Å². The van der Waals surface area contributed by atoms with E-state index < -0.39 is 41.6 Å². The molecule has 1 amide bonds. The van der Waals surface area contributed by atoms with E-state index in [4.69, 9.17) is 30.5 Å². The van der Waals surface area contributed by atoms with Gasteiger partial charge in [-0.05, 0) is 42.7 Å². The Morgan fingerprint density at radius 1 is 1.20 bits per heavy atom. The van der Waals surface area contributed by atoms with Gasteiger partial charge in [-0.1, -0.05) is 56.6 Å². The first-order valence-electron chi connectivity index (χ1n) is 13.7. The van der Waals surface area contributed by atoms with Crippen LogP contribution in [0.5, 0.6) is 11.6 Å². The summed E-state index contributed by atoms with van der Waals surface area (Å²) in [6.07, 6.45) is 2.49. The normalized spacial score (nSPS) is 25.1. The van der Waals surface area contributed by atoms with E-state index in [1.807, 2.05) is 52.0 Å². The van der Waals surface area contributed by atoms with Gasteiger partial charge in [0.25, 0.3) is 11.8 Å². The van der Waals surface area contributed by atoms with Crippen molar-refractivity contribution >= 4 is 23.5 Å². The molecule has 0 aliphatic carbocycles. The molecule has 2 saturated heterocycles. The Bertz CT molecular complexity index is 1190. The van der Waals surface area contributed by atoms with Crippen molar-refractivity contribution in [3.05, 3.63) is 52.7 Å². The summed E-state index contributed by atoms with van der Waals surface area (Å²) in [6.45, 7) is 8.70. The lowest BCUT2D eigenvalue weighted by Crippen LogP contribution is -2.51. The minimum absolute atomic E-state index is 0.142. The summed E-state index contributed by atoms with van der Waals surface area (Å²) in [4.78, 5) is 32.7. The van der Waals surface area contributed by atoms with Gasteiger partial charge in [-0.2, -0.15) is 0 Å². The van der Waals surface area contributed by atoms with Crippen LogP contribution in [0.15, 0.2) is 36.5 Å². The number of aliphatic carboxylic acids is 1. The molecule has 0 spiro atoms. The highest BCUT2D eigenvalue weighted by molar-refractivity contribution is 6.30. The average Bonchev–Trinajstić information content (AvgIpc) is 3.27. The first kappa shape index (κ1) is 30.1. The topological polar surface area (TPSA) is 107 Å². The molecule has 2 aromatic rings. The van der Waals surface area contributed by atoms with E-state index >= 15 is 0 Å². The number of hydrogen-bond acceptors (Lipinski definition) is 7. The van der Waals surface area contributed by atoms with Gasteiger partial charge in [0.15, 0.2) is 5.75 Å². The lowest BCUT2D eigenvalue weighted by molar-refractivity contribution is -0.159. The molecule has 40 heavy (non-hydrogen) atoms. The van der Waals surface area contributed by atoms with E-state index in [0.29, 0.717) is 29.7 Å². The number of benzene rings is 1. The number of ether oxygens (including phenoxy) is 4. The predicted octanol–water partition coefficient (Wildman–Crippen LogP) is 5.08. The first-order valence-corrected chi connectivity index (χ1v) is 14.1. The van der Waals surface area contributed by atoms with E-state index in [1.165, 1.54) is 18.2 Å². The van der Waals surface area contributed by atoms with Gasteiger partial charge >= 0.3 is 5.97 Å². The molecule has 3 heterocycles. The van der Waals surface area contributed by atoms with Crippen LogP contribution in [0.1, 0.15) is 57.2 Å². The Balaban J connectivity index is 1.69. The summed E-state index contributed by atoms with van der Waals surface area (Å²) in [5, 5.41) is 11.0. The van der Waals surface area contributed by atoms with Crippen LogP contribution < -0.4 is 9.47 Å². The third-order valence-corrected chi connectivity index (χ3v) is 7.91. The Morgan fingerprint density at radius 3 is 2.58 bits per heavy atom. The zero-order valence-corrected chi connectivity index (χ0v) is 24.5. The molecule has 1 N–H and O–H groups in total. The van der Waals surface area contributed by atoms with Gasteiger partial charge in [0.2, 0.25) is 0 Å². The van der Waals surface area contributed by atoms with E-state index in [-0.39, 0.29) is 19.1 Å². The Labute approximate surface area is 240 Å². The number of hydrogen-bond donors (Lipinski definition) is 1. The predicted molar refractivity (Wildman–Crippen MR) is 150 cm³/mol. The van der Waals surface area contributed by atoms with Crippen LogP contribution in [-0.4, -0.2) is 72.0 Å². The summed E-state index contributed by atoms with van der Waals surface area (Å²) < 4.78 is 23.5. The number of halogens is 1. The lowest BCUT2D eigenvalue weighted by Gasteiger charge is -2.35. The van der Waals surface area contributed by atoms with Crippen molar-refractivity contribution < 1.29 is 33.6 Å². The molecule has 2 aliphatic heterocycles. The fraction of sp³-hybridized carbons (Fsp3) is 0.567. The quantitative estimate of drug-likeness (QED) is 0.413. The zero-order chi connectivity index (χ0) is 29.0. The number of nitrogens with zero attached hydrogens (tertiary/aromatic N) is 2. The monoisotopic (exact) mass is 574 g/mol. The molecule has 5 atom stereocenters. The maximum atomic E-state index is 14.1. The first-order chi connectivity index (χ1) is 19.0. The highest BCUT2D eigenvalue weighted by Gasteiger charge is 2.59. The number of pyridine rings is 1. The number of carboxylic acid groups (broad SMARTS) is 1. The second kappa shape index (κ2) is 12.7. The molecule has 2 fully saturated rings. The number of aryl methyl sites for hydroxylation is 1. The summed E-state index contributed by atoms with van der Waals surface area (Å²) in [7, 11) is 1.49. The molecule has 9 nitrogen and oxygen atoms in total. The van der Waals surface area contributed by atoms with Gasteiger partial charge in [-0.25, -0.2) is 9.78 Å². The number of carbonyl (C=O) groups is 2. The summed E-state index contributed by atoms with van der Waals surface area (Å²) >= 11 is 6.08. The molecule has 2 aliphatic rings. The van der Waals surface area contributed by atoms with Gasteiger partial charge in [0.05, 0.1) is 30.9 Å². The van der Waals surface area contributed by atoms with Gasteiger partial charge < -0.3 is 29.0 Å². The van der Waals surface area contributed by atoms with E-state index in [9.17, 15) is 14.7 Å². The van der Waals surface area contributed by atoms with Crippen LogP contribution in [-0.2, 0) is 19.1 Å². The van der Waals surface area contributed by atoms with Gasteiger partial charge in [0.1, 0.15) is 18.8 Å². The lowest BCUT2D eigenvalue weighted by atomic mass is 9.73. The number of rotatable bonds is 9. The zero-order valence-electron chi connectivity index (χ0n) is 23.8. The SMILES string of the molecule is COc1ncc(Cl)cc1OCCO[C@H]1[C@H](C(C)(C)C)[C@@H](C(=O)O)N(C(=O)[C@@H]2CCCCO2)[C@H]1c1ccccc1C. The number of carboxylic acids is 1. The van der Waals surface area contributed by atoms with Gasteiger partial charge in [0, 0.05) is 24.8 Å². The molecular weight excluding hydrogens is 536 g/mol. The highest BCUT2D eigenvalue weighted by atomic mass is 35.5. The van der Waals surface area contributed by atoms with Crippen LogP contribution in [0.25, 0.3) is 0 Å². The largest absolute Gasteiger partial charge is 0.485 e. The number of aromatic nitrogens is 1. The molecule has 0 bridgehead atoms. The van der Waals surface area contributed by atoms with Crippen molar-refractivity contribution in [2.45, 2.75) is 71.2 Å². The summed E-state index contributed by atoms with van der Waals surface area (Å²) in [6, 6.07) is 7.65. The molecule has 218 valence electrons. The molecule has 10 heteroatoms. The number of methoxy groups -OCH3 is 1. The van der Waals surface area contributed by atoms with Crippen LogP contribution in [0.3, 0.4) is 0 Å². The van der Waals surface area contributed by atoms with Gasteiger partial charge in [-0.15, -0.1) is 0 Å². The van der Waals surface area contributed by atoms with Crippen LogP contribution in [0.4, 0.5) is 0 Å². The Hall–Kier alpha value is -2.88. The van der Waals surface area contributed by atoms with Crippen molar-refractivity contribution in [3.63, 3.8) is 0 Å².